The van der Waals surface area contributed by atoms with Crippen molar-refractivity contribution in [1.82, 2.24) is 14.8 Å². The highest BCUT2D eigenvalue weighted by Crippen LogP contribution is 2.15. The Labute approximate surface area is 131 Å². The number of nitrogens with one attached hydrogen (secondary N) is 1. The van der Waals surface area contributed by atoms with Gasteiger partial charge >= 0.3 is 0 Å². The molecule has 0 spiro atoms. The van der Waals surface area contributed by atoms with Gasteiger partial charge in [-0.1, -0.05) is 0 Å². The molecule has 0 aliphatic heterocycles. The molecule has 106 valence electrons. The molecule has 0 saturated heterocycles. The topological polar surface area (TPSA) is 59.8 Å². The number of aromatic nitrogens is 3. The summed E-state index contributed by atoms with van der Waals surface area (Å²) in [6, 6.07) is 3.63. The Morgan fingerprint density at radius 1 is 1.45 bits per heavy atom. The minimum Gasteiger partial charge on any atom is -0.325 e. The summed E-state index contributed by atoms with van der Waals surface area (Å²) < 4.78 is 3.16. The molecule has 0 saturated carbocycles. The molecule has 0 fully saturated rings. The normalized spacial score (nSPS) is 10.6. The minimum atomic E-state index is 0.00854. The van der Waals surface area contributed by atoms with Crippen molar-refractivity contribution in [3.05, 3.63) is 39.5 Å². The fraction of sp³-hybridized carbons (Fsp3) is 0.357. The summed E-state index contributed by atoms with van der Waals surface area (Å²) in [5, 5.41) is 7.28. The maximum atomic E-state index is 11.8. The largest absolute Gasteiger partial charge is 0.325 e. The number of hydrogen-bond acceptors (Lipinski definition) is 3. The molecule has 20 heavy (non-hydrogen) atoms. The maximum absolute atomic E-state index is 11.8. The standard InChI is InChI=1S/C14H17IN4O/c1-10-14(15)11(2)19(18-10)8-4-6-13(20)17-12-5-3-7-16-9-12/h3,5,7,9H,4,6,8H2,1-2H3,(H,17,20). The van der Waals surface area contributed by atoms with E-state index in [0.29, 0.717) is 6.42 Å². The second kappa shape index (κ2) is 6.83. The van der Waals surface area contributed by atoms with Gasteiger partial charge in [-0.3, -0.25) is 14.5 Å². The molecule has 0 aromatic carbocycles. The molecule has 0 aliphatic rings. The van der Waals surface area contributed by atoms with Crippen LogP contribution in [0.5, 0.6) is 0 Å². The van der Waals surface area contributed by atoms with E-state index in [0.717, 1.165) is 30.0 Å². The van der Waals surface area contributed by atoms with Crippen molar-refractivity contribution in [1.29, 1.82) is 0 Å². The van der Waals surface area contributed by atoms with Crippen molar-refractivity contribution in [2.24, 2.45) is 0 Å². The Balaban J connectivity index is 1.81. The summed E-state index contributed by atoms with van der Waals surface area (Å²) in [4.78, 5) is 15.7. The highest BCUT2D eigenvalue weighted by atomic mass is 127. The monoisotopic (exact) mass is 384 g/mol. The number of carbonyl (C=O) groups excluding carboxylic acids is 1. The lowest BCUT2D eigenvalue weighted by Crippen LogP contribution is -2.13. The van der Waals surface area contributed by atoms with Crippen LogP contribution in [-0.4, -0.2) is 20.7 Å². The maximum Gasteiger partial charge on any atom is 0.224 e. The number of hydrogen-bond donors (Lipinski definition) is 1. The highest BCUT2D eigenvalue weighted by molar-refractivity contribution is 14.1. The van der Waals surface area contributed by atoms with Gasteiger partial charge in [0.05, 0.1) is 21.1 Å². The third-order valence-corrected chi connectivity index (χ3v) is 4.57. The van der Waals surface area contributed by atoms with E-state index >= 15 is 0 Å². The van der Waals surface area contributed by atoms with Gasteiger partial charge in [0.1, 0.15) is 0 Å². The van der Waals surface area contributed by atoms with Crippen LogP contribution in [0.1, 0.15) is 24.2 Å². The Morgan fingerprint density at radius 2 is 2.25 bits per heavy atom. The first-order valence-corrected chi connectivity index (χ1v) is 7.55. The number of rotatable bonds is 5. The summed E-state index contributed by atoms with van der Waals surface area (Å²) in [6.07, 6.45) is 4.56. The molecule has 0 bridgehead atoms. The van der Waals surface area contributed by atoms with Gasteiger partial charge in [0.2, 0.25) is 5.91 Å². The van der Waals surface area contributed by atoms with Crippen molar-refractivity contribution in [3.63, 3.8) is 0 Å². The third-order valence-electron chi connectivity index (χ3n) is 3.01. The molecule has 2 aromatic rings. The molecular weight excluding hydrogens is 367 g/mol. The Hall–Kier alpha value is -1.44. The first-order chi connectivity index (χ1) is 9.58. The SMILES string of the molecule is Cc1nn(CCCC(=O)Nc2cccnc2)c(C)c1I. The quantitative estimate of drug-likeness (QED) is 0.807. The predicted octanol–water partition coefficient (Wildman–Crippen LogP) is 2.92. The lowest BCUT2D eigenvalue weighted by molar-refractivity contribution is -0.116. The summed E-state index contributed by atoms with van der Waals surface area (Å²) in [6.45, 7) is 4.81. The average Bonchev–Trinajstić information content (AvgIpc) is 2.67. The zero-order chi connectivity index (χ0) is 14.5. The summed E-state index contributed by atoms with van der Waals surface area (Å²) in [7, 11) is 0. The van der Waals surface area contributed by atoms with E-state index < -0.39 is 0 Å². The van der Waals surface area contributed by atoms with E-state index in [9.17, 15) is 4.79 Å². The van der Waals surface area contributed by atoms with Crippen LogP contribution in [-0.2, 0) is 11.3 Å². The lowest BCUT2D eigenvalue weighted by Gasteiger charge is -2.06. The summed E-state index contributed by atoms with van der Waals surface area (Å²) in [5.41, 5.74) is 2.94. The fourth-order valence-electron chi connectivity index (χ4n) is 1.94. The van der Waals surface area contributed by atoms with E-state index in [1.54, 1.807) is 18.5 Å². The predicted molar refractivity (Wildman–Crippen MR) is 86.5 cm³/mol. The zero-order valence-corrected chi connectivity index (χ0v) is 13.7. The number of halogens is 1. The smallest absolute Gasteiger partial charge is 0.224 e. The van der Waals surface area contributed by atoms with Crippen molar-refractivity contribution >= 4 is 34.2 Å². The van der Waals surface area contributed by atoms with Crippen molar-refractivity contribution in [3.8, 4) is 0 Å². The van der Waals surface area contributed by atoms with Gasteiger partial charge in [-0.15, -0.1) is 0 Å². The van der Waals surface area contributed by atoms with Gasteiger partial charge in [0.25, 0.3) is 0 Å². The van der Waals surface area contributed by atoms with Gasteiger partial charge in [-0.25, -0.2) is 0 Å². The van der Waals surface area contributed by atoms with E-state index in [1.165, 1.54) is 3.57 Å². The van der Waals surface area contributed by atoms with Crippen LogP contribution in [0.3, 0.4) is 0 Å². The van der Waals surface area contributed by atoms with Gasteiger partial charge < -0.3 is 5.32 Å². The molecule has 1 N–H and O–H groups in total. The van der Waals surface area contributed by atoms with Crippen LogP contribution < -0.4 is 5.32 Å². The fourth-order valence-corrected chi connectivity index (χ4v) is 2.33. The molecule has 0 aliphatic carbocycles. The highest BCUT2D eigenvalue weighted by Gasteiger charge is 2.09. The Kier molecular flexibility index (Phi) is 5.11. The minimum absolute atomic E-state index is 0.00854. The molecule has 5 nitrogen and oxygen atoms in total. The van der Waals surface area contributed by atoms with Crippen molar-refractivity contribution in [2.45, 2.75) is 33.2 Å². The molecule has 6 heteroatoms. The van der Waals surface area contributed by atoms with Gasteiger partial charge in [0, 0.05) is 24.9 Å². The molecular formula is C14H17IN4O. The number of amides is 1. The third kappa shape index (κ3) is 3.78. The van der Waals surface area contributed by atoms with E-state index in [1.807, 2.05) is 17.7 Å². The average molecular weight is 384 g/mol. The van der Waals surface area contributed by atoms with Gasteiger partial charge in [0.15, 0.2) is 0 Å². The summed E-state index contributed by atoms with van der Waals surface area (Å²) in [5.74, 6) is 0.00854. The number of pyridine rings is 1. The van der Waals surface area contributed by atoms with Gasteiger partial charge in [-0.05, 0) is 55.0 Å². The van der Waals surface area contributed by atoms with Crippen molar-refractivity contribution in [2.75, 3.05) is 5.32 Å². The number of carbonyl (C=O) groups is 1. The van der Waals surface area contributed by atoms with Crippen LogP contribution in [0.15, 0.2) is 24.5 Å². The van der Waals surface area contributed by atoms with Crippen LogP contribution in [0.2, 0.25) is 0 Å². The van der Waals surface area contributed by atoms with Crippen LogP contribution in [0.4, 0.5) is 5.69 Å². The van der Waals surface area contributed by atoms with Gasteiger partial charge in [-0.2, -0.15) is 5.10 Å². The number of nitrogens with zero attached hydrogens (tertiary/aromatic N) is 3. The molecule has 2 aromatic heterocycles. The number of aryl methyl sites for hydroxylation is 2. The summed E-state index contributed by atoms with van der Waals surface area (Å²) >= 11 is 2.30. The Morgan fingerprint density at radius 3 is 2.85 bits per heavy atom. The van der Waals surface area contributed by atoms with Crippen molar-refractivity contribution < 1.29 is 4.79 Å². The van der Waals surface area contributed by atoms with Crippen LogP contribution in [0.25, 0.3) is 0 Å². The zero-order valence-electron chi connectivity index (χ0n) is 11.6. The molecule has 0 atom stereocenters. The molecule has 2 heterocycles. The first kappa shape index (κ1) is 15.0. The van der Waals surface area contributed by atoms with Crippen LogP contribution >= 0.6 is 22.6 Å². The lowest BCUT2D eigenvalue weighted by atomic mass is 10.3. The molecule has 2 rings (SSSR count). The number of anilines is 1. The molecule has 0 radical (unpaired) electrons. The Bertz CT molecular complexity index is 595. The van der Waals surface area contributed by atoms with E-state index in [2.05, 4.69) is 44.9 Å². The molecule has 0 unspecified atom stereocenters. The second-order valence-corrected chi connectivity index (χ2v) is 5.68. The molecule has 1 amide bonds. The first-order valence-electron chi connectivity index (χ1n) is 6.47. The van der Waals surface area contributed by atoms with E-state index in [-0.39, 0.29) is 5.91 Å². The van der Waals surface area contributed by atoms with E-state index in [4.69, 9.17) is 0 Å². The van der Waals surface area contributed by atoms with Crippen LogP contribution in [0, 0.1) is 17.4 Å². The second-order valence-electron chi connectivity index (χ2n) is 4.60.